The van der Waals surface area contributed by atoms with Gasteiger partial charge in [-0.25, -0.2) is 0 Å². The summed E-state index contributed by atoms with van der Waals surface area (Å²) in [5, 5.41) is 0. The monoisotopic (exact) mass is 534 g/mol. The SMILES string of the molecule is CC1=C[CH]([Zr-6]([CH3])([CH3])([CH3])([CH3])(=[SiH2])(=[SiH2])[CH]2C(C)=Cc3c2cc2c(c3-c3ccccc3)CCC2)C=C1. The quantitative estimate of drug-likeness (QED) is 0.365. The van der Waals surface area contributed by atoms with Gasteiger partial charge in [0.1, 0.15) is 0 Å². The van der Waals surface area contributed by atoms with Crippen molar-refractivity contribution in [2.45, 2.75) is 58.9 Å². The molecule has 2 aromatic rings. The van der Waals surface area contributed by atoms with Crippen molar-refractivity contribution in [2.24, 2.45) is 0 Å². The Morgan fingerprint density at radius 3 is 2.25 bits per heavy atom. The van der Waals surface area contributed by atoms with Crippen LogP contribution < -0.4 is 0 Å². The van der Waals surface area contributed by atoms with E-state index in [1.54, 1.807) is 22.3 Å². The second-order valence-electron chi connectivity index (χ2n) is 17.1. The van der Waals surface area contributed by atoms with Gasteiger partial charge in [-0.2, -0.15) is 0 Å². The Balaban J connectivity index is 1.91. The second-order valence-corrected chi connectivity index (χ2v) is 121. The van der Waals surface area contributed by atoms with Gasteiger partial charge in [-0.05, 0) is 0 Å². The number of benzene rings is 2. The average molecular weight is 536 g/mol. The molecule has 0 saturated heterocycles. The van der Waals surface area contributed by atoms with E-state index in [9.17, 15) is 0 Å². The number of fused-ring (bicyclic) bond motifs is 2. The van der Waals surface area contributed by atoms with Crippen LogP contribution in [-0.4, -0.2) is 13.8 Å². The first-order valence-electron chi connectivity index (χ1n) is 12.5. The van der Waals surface area contributed by atoms with Crippen LogP contribution in [-0.2, 0) is 24.4 Å². The maximum atomic E-state index is 2.75. The Labute approximate surface area is 188 Å². The Morgan fingerprint density at radius 2 is 1.62 bits per heavy atom. The van der Waals surface area contributed by atoms with E-state index in [1.165, 1.54) is 41.5 Å². The molecule has 5 rings (SSSR count). The first-order valence-corrected chi connectivity index (χ1v) is 37.0. The van der Waals surface area contributed by atoms with Crippen LogP contribution in [0.1, 0.15) is 46.1 Å². The minimum atomic E-state index is -4.86. The molecule has 0 saturated carbocycles. The van der Waals surface area contributed by atoms with Crippen LogP contribution >= 0.6 is 0 Å². The van der Waals surface area contributed by atoms with E-state index in [2.05, 4.69) is 107 Å². The van der Waals surface area contributed by atoms with Crippen LogP contribution in [0, 0.1) is 0 Å². The fourth-order valence-electron chi connectivity index (χ4n) is 7.88. The summed E-state index contributed by atoms with van der Waals surface area (Å²) in [5.41, 5.74) is 12.2. The van der Waals surface area contributed by atoms with Crippen LogP contribution in [0.15, 0.2) is 65.8 Å². The van der Waals surface area contributed by atoms with Gasteiger partial charge in [0.05, 0.1) is 0 Å². The fourth-order valence-corrected chi connectivity index (χ4v) is 36.5. The molecule has 0 fully saturated rings. The zero-order chi connectivity index (χ0) is 23.3. The van der Waals surface area contributed by atoms with E-state index in [0.717, 1.165) is 0 Å². The molecule has 0 bridgehead atoms. The molecule has 2 unspecified atom stereocenters. The fraction of sp³-hybridized carbons (Fsp3) is 0.379. The summed E-state index contributed by atoms with van der Waals surface area (Å²) in [6.07, 6.45) is 13.8. The van der Waals surface area contributed by atoms with E-state index >= 15 is 0 Å². The number of hydrogen-bond donors (Lipinski definition) is 0. The van der Waals surface area contributed by atoms with Crippen molar-refractivity contribution >= 4 is 19.8 Å². The summed E-state index contributed by atoms with van der Waals surface area (Å²) in [5.74, 6) is 0. The molecule has 0 amide bonds. The van der Waals surface area contributed by atoms with Gasteiger partial charge >= 0.3 is 189 Å². The summed E-state index contributed by atoms with van der Waals surface area (Å²) in [7, 11) is 0. The molecular weight excluding hydrogens is 496 g/mol. The van der Waals surface area contributed by atoms with E-state index in [1.807, 2.05) is 0 Å². The van der Waals surface area contributed by atoms with Gasteiger partial charge in [0.25, 0.3) is 0 Å². The van der Waals surface area contributed by atoms with Crippen molar-refractivity contribution in [3.05, 3.63) is 88.0 Å². The Kier molecular flexibility index (Phi) is 3.65. The van der Waals surface area contributed by atoms with Crippen LogP contribution in [0.5, 0.6) is 0 Å². The molecule has 2 aromatic carbocycles. The van der Waals surface area contributed by atoms with Crippen LogP contribution in [0.4, 0.5) is 0 Å². The van der Waals surface area contributed by atoms with Gasteiger partial charge in [0.2, 0.25) is 0 Å². The van der Waals surface area contributed by atoms with Crippen LogP contribution in [0.25, 0.3) is 17.2 Å². The van der Waals surface area contributed by atoms with E-state index < -0.39 is 11.6 Å². The van der Waals surface area contributed by atoms with Crippen LogP contribution in [0.3, 0.4) is 0 Å². The number of hydrogen-bond acceptors (Lipinski definition) is 0. The molecular formula is C29H40Si2Zr-6. The third-order valence-corrected chi connectivity index (χ3v) is 40.9. The number of rotatable bonds is 3. The second kappa shape index (κ2) is 5.14. The zero-order valence-corrected chi connectivity index (χ0v) is 26.3. The molecule has 174 valence electrons. The normalized spacial score (nSPS) is 26.8. The van der Waals surface area contributed by atoms with Gasteiger partial charge in [0.15, 0.2) is 0 Å². The topological polar surface area (TPSA) is 0 Å². The molecule has 0 aromatic heterocycles. The standard InChI is InChI=1S/C19H17.C6H7.4CH3.2H2Si.Zr/c1-13-10-16-12-15-8-5-9-17(15)19(18(16)11-13)14-6-3-2-4-7-14;1-6-4-2-3-5-6;;;;;;;/h2-4,6-7,10-12H,5,8-9H2,1H3;2-5H,1H3;4*1H3;2*1H2;/q;;;;;;;;-6. The molecule has 0 spiro atoms. The van der Waals surface area contributed by atoms with Gasteiger partial charge < -0.3 is 0 Å². The van der Waals surface area contributed by atoms with Gasteiger partial charge in [0, 0.05) is 0 Å². The molecule has 32 heavy (non-hydrogen) atoms. The maximum absolute atomic E-state index is 4.86. The first-order chi connectivity index (χ1) is 14.4. The summed E-state index contributed by atoms with van der Waals surface area (Å²) in [6.45, 7) is 9.55. The molecule has 3 heteroatoms. The first kappa shape index (κ1) is 22.8. The molecule has 3 aliphatic carbocycles. The molecule has 2 atom stereocenters. The Bertz CT molecular complexity index is 1560. The van der Waals surface area contributed by atoms with Crippen molar-refractivity contribution in [1.29, 1.82) is 0 Å². The van der Waals surface area contributed by atoms with Gasteiger partial charge in [-0.15, -0.1) is 0 Å². The summed E-state index contributed by atoms with van der Waals surface area (Å²) in [6, 6.07) is 13.8. The predicted molar refractivity (Wildman–Crippen MR) is 147 cm³/mol. The molecule has 0 nitrogen and oxygen atoms in total. The molecule has 0 radical (unpaired) electrons. The van der Waals surface area contributed by atoms with Gasteiger partial charge in [-0.3, -0.25) is 0 Å². The number of aryl methyl sites for hydroxylation is 1. The summed E-state index contributed by atoms with van der Waals surface area (Å²) in [4.78, 5) is 0. The molecule has 0 N–H and O–H groups in total. The third-order valence-electron chi connectivity index (χ3n) is 9.41. The Hall–Kier alpha value is -1.02. The van der Waals surface area contributed by atoms with E-state index in [4.69, 9.17) is 0 Å². The molecule has 0 aliphatic heterocycles. The molecule has 0 heterocycles. The van der Waals surface area contributed by atoms with Crippen molar-refractivity contribution in [1.82, 2.24) is 0 Å². The average Bonchev–Trinajstić information content (AvgIpc) is 3.37. The van der Waals surface area contributed by atoms with Gasteiger partial charge in [-0.1, -0.05) is 0 Å². The van der Waals surface area contributed by atoms with Crippen molar-refractivity contribution < 1.29 is 11.6 Å². The Morgan fingerprint density at radius 1 is 0.938 bits per heavy atom. The third kappa shape index (κ3) is 3.07. The number of allylic oxidation sites excluding steroid dienone is 5. The minimum absolute atomic E-state index is 0.469. The van der Waals surface area contributed by atoms with Crippen molar-refractivity contribution in [3.63, 3.8) is 0 Å². The summed E-state index contributed by atoms with van der Waals surface area (Å²) < 4.78 is 12.0. The predicted octanol–water partition coefficient (Wildman–Crippen LogP) is 7.19. The van der Waals surface area contributed by atoms with E-state index in [-0.39, 0.29) is 0 Å². The summed E-state index contributed by atoms with van der Waals surface area (Å²) >= 11 is -4.86. The van der Waals surface area contributed by atoms with Crippen molar-refractivity contribution in [3.8, 4) is 11.1 Å². The molecule has 3 aliphatic rings. The van der Waals surface area contributed by atoms with E-state index in [0.29, 0.717) is 7.25 Å². The van der Waals surface area contributed by atoms with Crippen LogP contribution in [0.2, 0.25) is 22.2 Å². The zero-order valence-electron chi connectivity index (χ0n) is 21.0. The van der Waals surface area contributed by atoms with Crippen molar-refractivity contribution in [2.75, 3.05) is 0 Å².